The molecule has 20 heavy (non-hydrogen) atoms. The van der Waals surface area contributed by atoms with E-state index in [0.717, 1.165) is 19.3 Å². The highest BCUT2D eigenvalue weighted by molar-refractivity contribution is 5.66. The van der Waals surface area contributed by atoms with E-state index in [9.17, 15) is 20.0 Å². The second-order valence-electron chi connectivity index (χ2n) is 5.43. The molecule has 1 aliphatic rings. The highest BCUT2D eigenvalue weighted by atomic mass is 16.6. The standard InChI is InChI=1S/C14H23NO5/c16-13-9-8-11(10-15(19)20)12(13)6-4-2-1-3-5-7-14(17)18/h2,4,11-13,16H,1,3,5-10H2,(H,17,18)/b4-2+. The molecule has 0 bridgehead atoms. The van der Waals surface area contributed by atoms with Gasteiger partial charge < -0.3 is 10.2 Å². The van der Waals surface area contributed by atoms with Crippen LogP contribution in [0.5, 0.6) is 0 Å². The lowest BCUT2D eigenvalue weighted by molar-refractivity contribution is -0.489. The Labute approximate surface area is 118 Å². The largest absolute Gasteiger partial charge is 0.481 e. The molecule has 1 rings (SSSR count). The van der Waals surface area contributed by atoms with Gasteiger partial charge in [-0.15, -0.1) is 0 Å². The smallest absolute Gasteiger partial charge is 0.303 e. The van der Waals surface area contributed by atoms with Gasteiger partial charge in [0, 0.05) is 17.3 Å². The van der Waals surface area contributed by atoms with Gasteiger partial charge in [0.25, 0.3) is 0 Å². The molecule has 0 saturated heterocycles. The SMILES string of the molecule is O=C(O)CCCC/C=C/CC1C(O)CCC1C[N+](=O)[O-]. The molecule has 0 aromatic carbocycles. The first-order valence-electron chi connectivity index (χ1n) is 7.17. The van der Waals surface area contributed by atoms with Crippen LogP contribution in [-0.2, 0) is 4.79 Å². The summed E-state index contributed by atoms with van der Waals surface area (Å²) in [6.45, 7) is -0.0613. The van der Waals surface area contributed by atoms with Crippen molar-refractivity contribution < 1.29 is 19.9 Å². The summed E-state index contributed by atoms with van der Waals surface area (Å²) < 4.78 is 0. The van der Waals surface area contributed by atoms with Crippen molar-refractivity contribution in [3.05, 3.63) is 22.3 Å². The van der Waals surface area contributed by atoms with Crippen LogP contribution in [0.4, 0.5) is 0 Å². The van der Waals surface area contributed by atoms with E-state index in [1.807, 2.05) is 12.2 Å². The van der Waals surface area contributed by atoms with Crippen LogP contribution in [-0.4, -0.2) is 33.8 Å². The lowest BCUT2D eigenvalue weighted by Gasteiger charge is -2.17. The van der Waals surface area contributed by atoms with Gasteiger partial charge in [0.05, 0.1) is 6.10 Å². The average molecular weight is 285 g/mol. The maximum Gasteiger partial charge on any atom is 0.303 e. The van der Waals surface area contributed by atoms with Crippen LogP contribution in [0.3, 0.4) is 0 Å². The van der Waals surface area contributed by atoms with Crippen molar-refractivity contribution in [2.45, 2.75) is 51.0 Å². The number of rotatable bonds is 9. The van der Waals surface area contributed by atoms with Gasteiger partial charge in [0.15, 0.2) is 0 Å². The second-order valence-corrected chi connectivity index (χ2v) is 5.43. The Morgan fingerprint density at radius 2 is 2.05 bits per heavy atom. The van der Waals surface area contributed by atoms with Crippen molar-refractivity contribution in [3.8, 4) is 0 Å². The van der Waals surface area contributed by atoms with Crippen LogP contribution >= 0.6 is 0 Å². The minimum Gasteiger partial charge on any atom is -0.481 e. The molecule has 0 aromatic heterocycles. The van der Waals surface area contributed by atoms with Crippen molar-refractivity contribution >= 4 is 5.97 Å². The number of nitro groups is 1. The van der Waals surface area contributed by atoms with Crippen molar-refractivity contribution in [1.82, 2.24) is 0 Å². The molecule has 1 aliphatic carbocycles. The summed E-state index contributed by atoms with van der Waals surface area (Å²) in [6, 6.07) is 0. The van der Waals surface area contributed by atoms with Gasteiger partial charge in [-0.3, -0.25) is 14.9 Å². The number of hydrogen-bond acceptors (Lipinski definition) is 4. The van der Waals surface area contributed by atoms with E-state index in [4.69, 9.17) is 5.11 Å². The maximum absolute atomic E-state index is 10.6. The Kier molecular flexibility index (Phi) is 7.22. The van der Waals surface area contributed by atoms with Gasteiger partial charge in [0.1, 0.15) is 0 Å². The Hall–Kier alpha value is -1.43. The number of carboxylic acids is 1. The summed E-state index contributed by atoms with van der Waals surface area (Å²) >= 11 is 0. The second kappa shape index (κ2) is 8.68. The molecule has 6 nitrogen and oxygen atoms in total. The number of aliphatic carboxylic acids is 1. The predicted molar refractivity (Wildman–Crippen MR) is 73.9 cm³/mol. The maximum atomic E-state index is 10.6. The monoisotopic (exact) mass is 285 g/mol. The third-order valence-corrected chi connectivity index (χ3v) is 3.90. The molecule has 0 spiro atoms. The minimum atomic E-state index is -0.773. The third kappa shape index (κ3) is 6.14. The van der Waals surface area contributed by atoms with E-state index in [1.165, 1.54) is 0 Å². The molecule has 0 radical (unpaired) electrons. The molecule has 1 fully saturated rings. The van der Waals surface area contributed by atoms with Crippen molar-refractivity contribution in [1.29, 1.82) is 0 Å². The zero-order valence-electron chi connectivity index (χ0n) is 11.6. The zero-order chi connectivity index (χ0) is 15.0. The van der Waals surface area contributed by atoms with Gasteiger partial charge in [0.2, 0.25) is 6.54 Å². The van der Waals surface area contributed by atoms with E-state index in [1.54, 1.807) is 0 Å². The molecule has 114 valence electrons. The van der Waals surface area contributed by atoms with Crippen LogP contribution in [0.1, 0.15) is 44.9 Å². The number of carboxylic acid groups (broad SMARTS) is 1. The van der Waals surface area contributed by atoms with E-state index >= 15 is 0 Å². The van der Waals surface area contributed by atoms with Gasteiger partial charge in [-0.05, 0) is 44.4 Å². The first-order valence-corrected chi connectivity index (χ1v) is 7.17. The quantitative estimate of drug-likeness (QED) is 0.293. The molecule has 3 unspecified atom stereocenters. The highest BCUT2D eigenvalue weighted by Gasteiger charge is 2.36. The summed E-state index contributed by atoms with van der Waals surface area (Å²) in [5.74, 6) is -0.821. The number of aliphatic hydroxyl groups is 1. The Morgan fingerprint density at radius 1 is 1.30 bits per heavy atom. The molecule has 0 amide bonds. The number of unbranched alkanes of at least 4 members (excludes halogenated alkanes) is 2. The third-order valence-electron chi connectivity index (χ3n) is 3.90. The van der Waals surface area contributed by atoms with Crippen molar-refractivity contribution in [2.24, 2.45) is 11.8 Å². The molecular formula is C14H23NO5. The summed E-state index contributed by atoms with van der Waals surface area (Å²) in [6.07, 6.45) is 8.05. The molecule has 2 N–H and O–H groups in total. The Morgan fingerprint density at radius 3 is 2.70 bits per heavy atom. The number of nitrogens with zero attached hydrogens (tertiary/aromatic N) is 1. The number of allylic oxidation sites excluding steroid dienone is 2. The minimum absolute atomic E-state index is 0.0179. The van der Waals surface area contributed by atoms with Crippen LogP contribution < -0.4 is 0 Å². The predicted octanol–water partition coefficient (Wildman–Crippen LogP) is 2.24. The Bertz CT molecular complexity index is 355. The zero-order valence-corrected chi connectivity index (χ0v) is 11.6. The number of aliphatic hydroxyl groups excluding tert-OH is 1. The fourth-order valence-corrected chi connectivity index (χ4v) is 2.80. The highest BCUT2D eigenvalue weighted by Crippen LogP contribution is 2.34. The van der Waals surface area contributed by atoms with Gasteiger partial charge >= 0.3 is 5.97 Å². The van der Waals surface area contributed by atoms with E-state index in [-0.39, 0.29) is 29.7 Å². The van der Waals surface area contributed by atoms with Crippen LogP contribution in [0.25, 0.3) is 0 Å². The number of carbonyl (C=O) groups is 1. The normalized spacial score (nSPS) is 26.1. The van der Waals surface area contributed by atoms with E-state index < -0.39 is 12.1 Å². The van der Waals surface area contributed by atoms with Crippen LogP contribution in [0.15, 0.2) is 12.2 Å². The van der Waals surface area contributed by atoms with Crippen LogP contribution in [0.2, 0.25) is 0 Å². The van der Waals surface area contributed by atoms with Crippen molar-refractivity contribution in [2.75, 3.05) is 6.54 Å². The van der Waals surface area contributed by atoms with Gasteiger partial charge in [-0.25, -0.2) is 0 Å². The molecular weight excluding hydrogens is 262 g/mol. The molecule has 3 atom stereocenters. The molecule has 0 heterocycles. The first kappa shape index (κ1) is 16.6. The summed E-state index contributed by atoms with van der Waals surface area (Å²) in [7, 11) is 0. The van der Waals surface area contributed by atoms with E-state index in [2.05, 4.69) is 0 Å². The molecule has 1 saturated carbocycles. The topological polar surface area (TPSA) is 101 Å². The first-order chi connectivity index (χ1) is 9.50. The van der Waals surface area contributed by atoms with Gasteiger partial charge in [-0.2, -0.15) is 0 Å². The summed E-state index contributed by atoms with van der Waals surface area (Å²) in [5, 5.41) is 28.9. The molecule has 0 aromatic rings. The van der Waals surface area contributed by atoms with Gasteiger partial charge in [-0.1, -0.05) is 12.2 Å². The number of hydrogen-bond donors (Lipinski definition) is 2. The average Bonchev–Trinajstić information content (AvgIpc) is 2.68. The lowest BCUT2D eigenvalue weighted by atomic mass is 9.91. The fourth-order valence-electron chi connectivity index (χ4n) is 2.80. The Balaban J connectivity index is 2.24. The van der Waals surface area contributed by atoms with Crippen molar-refractivity contribution in [3.63, 3.8) is 0 Å². The summed E-state index contributed by atoms with van der Waals surface area (Å²) in [5.41, 5.74) is 0. The summed E-state index contributed by atoms with van der Waals surface area (Å²) in [4.78, 5) is 20.6. The fraction of sp³-hybridized carbons (Fsp3) is 0.786. The molecule has 0 aliphatic heterocycles. The van der Waals surface area contributed by atoms with E-state index in [0.29, 0.717) is 19.3 Å². The lowest BCUT2D eigenvalue weighted by Crippen LogP contribution is -2.23. The van der Waals surface area contributed by atoms with Crippen LogP contribution in [0, 0.1) is 22.0 Å². The molecule has 6 heteroatoms.